The van der Waals surface area contributed by atoms with Gasteiger partial charge in [-0.05, 0) is 70.8 Å². The lowest BCUT2D eigenvalue weighted by Crippen LogP contribution is -2.44. The fourth-order valence-electron chi connectivity index (χ4n) is 8.79. The molecule has 12 rings (SSSR count). The molecule has 3 aromatic heterocycles. The summed E-state index contributed by atoms with van der Waals surface area (Å²) in [6.45, 7) is 0. The molecule has 0 aliphatic carbocycles. The number of hydrogen-bond donors (Lipinski definition) is 2. The van der Waals surface area contributed by atoms with Gasteiger partial charge in [0.2, 0.25) is 0 Å². The molecule has 0 spiro atoms. The van der Waals surface area contributed by atoms with Crippen LogP contribution in [0.25, 0.3) is 79.0 Å². The summed E-state index contributed by atoms with van der Waals surface area (Å²) >= 11 is 3.73. The van der Waals surface area contributed by atoms with E-state index < -0.39 is 0 Å². The number of rotatable bonds is 5. The Bertz CT molecular complexity index is 3320. The number of thiophene rings is 2. The van der Waals surface area contributed by atoms with Gasteiger partial charge >= 0.3 is 0 Å². The van der Waals surface area contributed by atoms with Crippen LogP contribution in [0.1, 0.15) is 29.0 Å². The van der Waals surface area contributed by atoms with Gasteiger partial charge in [0, 0.05) is 56.7 Å². The number of amidine groups is 1. The van der Waals surface area contributed by atoms with Gasteiger partial charge in [0.15, 0.2) is 0 Å². The van der Waals surface area contributed by atoms with Gasteiger partial charge in [-0.1, -0.05) is 133 Å². The summed E-state index contributed by atoms with van der Waals surface area (Å²) in [6.07, 6.45) is -0.261. The molecular weight excluding hydrogens is 733 g/mol. The number of aromatic nitrogens is 1. The lowest BCUT2D eigenvalue weighted by Gasteiger charge is -2.32. The fraction of sp³-hybridized carbons (Fsp3) is 0.0392. The smallest absolute Gasteiger partial charge is 0.131 e. The Balaban J connectivity index is 0.925. The SMILES string of the molecule is c1ccc(C2=NC(c3ccc4c(c3)sc3ccc(-c5ccc6c(c5)sc5cccc(-n7c8ccccc8c8ccccc87)c56)cc34)NC(c3ccccc3)N2)cc1. The van der Waals surface area contributed by atoms with Crippen molar-refractivity contribution in [2.45, 2.75) is 12.3 Å². The van der Waals surface area contributed by atoms with Crippen molar-refractivity contribution in [3.05, 3.63) is 199 Å². The van der Waals surface area contributed by atoms with Crippen LogP contribution in [-0.2, 0) is 0 Å². The van der Waals surface area contributed by atoms with Crippen LogP contribution in [0.5, 0.6) is 0 Å². The van der Waals surface area contributed by atoms with E-state index in [4.69, 9.17) is 4.99 Å². The van der Waals surface area contributed by atoms with Crippen LogP contribution < -0.4 is 10.6 Å². The number of fused-ring (bicyclic) bond motifs is 9. The van der Waals surface area contributed by atoms with Crippen LogP contribution in [0.3, 0.4) is 0 Å². The van der Waals surface area contributed by atoms with Crippen molar-refractivity contribution >= 4 is 90.7 Å². The highest BCUT2D eigenvalue weighted by molar-refractivity contribution is 7.26. The standard InChI is InChI=1S/C51H34N4S2/c1-3-12-31(13-4-1)49-52-50(32-14-5-2-6-15-32)54-51(53-49)35-23-25-38-40-28-33(24-27-44(40)56-46(38)30-35)34-22-26-39-47(29-34)57-45-21-11-20-43(48(39)45)55-41-18-9-7-16-36(41)37-17-8-10-19-42(37)55/h1-30,49,51,53H,(H,52,54). The Morgan fingerprint density at radius 2 is 1.11 bits per heavy atom. The van der Waals surface area contributed by atoms with Crippen molar-refractivity contribution < 1.29 is 0 Å². The number of hydrogen-bond acceptors (Lipinski definition) is 5. The molecule has 4 nitrogen and oxygen atoms in total. The van der Waals surface area contributed by atoms with Gasteiger partial charge in [-0.25, -0.2) is 4.99 Å². The highest BCUT2D eigenvalue weighted by Gasteiger charge is 2.26. The summed E-state index contributed by atoms with van der Waals surface area (Å²) in [5.41, 5.74) is 9.58. The number of nitrogens with zero attached hydrogens (tertiary/aromatic N) is 2. The zero-order valence-corrected chi connectivity index (χ0v) is 32.3. The van der Waals surface area contributed by atoms with Crippen LogP contribution in [0.4, 0.5) is 0 Å². The first kappa shape index (κ1) is 32.7. The van der Waals surface area contributed by atoms with Crippen molar-refractivity contribution in [3.63, 3.8) is 0 Å². The Hall–Kier alpha value is -6.57. The second-order valence-electron chi connectivity index (χ2n) is 14.8. The van der Waals surface area contributed by atoms with Gasteiger partial charge in [0.25, 0.3) is 0 Å². The van der Waals surface area contributed by atoms with E-state index in [1.807, 2.05) is 28.7 Å². The summed E-state index contributed by atoms with van der Waals surface area (Å²) < 4.78 is 7.61. The van der Waals surface area contributed by atoms with Crippen molar-refractivity contribution in [2.75, 3.05) is 0 Å². The zero-order valence-electron chi connectivity index (χ0n) is 30.7. The molecule has 270 valence electrons. The van der Waals surface area contributed by atoms with E-state index >= 15 is 0 Å². The molecule has 0 bridgehead atoms. The number of para-hydroxylation sites is 2. The van der Waals surface area contributed by atoms with Crippen molar-refractivity contribution in [3.8, 4) is 16.8 Å². The molecule has 8 aromatic carbocycles. The number of nitrogens with one attached hydrogen (secondary N) is 2. The first-order valence-electron chi connectivity index (χ1n) is 19.3. The molecule has 0 saturated heterocycles. The molecule has 0 amide bonds. The van der Waals surface area contributed by atoms with Gasteiger partial charge in [0.1, 0.15) is 18.2 Å². The minimum absolute atomic E-state index is 0.0666. The molecule has 2 N–H and O–H groups in total. The van der Waals surface area contributed by atoms with Gasteiger partial charge < -0.3 is 9.88 Å². The van der Waals surface area contributed by atoms with Crippen LogP contribution in [0.15, 0.2) is 187 Å². The zero-order chi connectivity index (χ0) is 37.5. The molecule has 2 atom stereocenters. The summed E-state index contributed by atoms with van der Waals surface area (Å²) in [7, 11) is 0. The van der Waals surface area contributed by atoms with E-state index in [9.17, 15) is 0 Å². The molecule has 0 radical (unpaired) electrons. The first-order valence-corrected chi connectivity index (χ1v) is 21.0. The van der Waals surface area contributed by atoms with Crippen LogP contribution in [0, 0.1) is 0 Å². The average molecular weight is 767 g/mol. The molecule has 57 heavy (non-hydrogen) atoms. The molecule has 1 aliphatic heterocycles. The third-order valence-corrected chi connectivity index (χ3v) is 13.7. The van der Waals surface area contributed by atoms with E-state index in [1.54, 1.807) is 0 Å². The van der Waals surface area contributed by atoms with Crippen LogP contribution in [0.2, 0.25) is 0 Å². The quantitative estimate of drug-likeness (QED) is 0.183. The van der Waals surface area contributed by atoms with Crippen LogP contribution >= 0.6 is 22.7 Å². The van der Waals surface area contributed by atoms with Crippen molar-refractivity contribution in [2.24, 2.45) is 4.99 Å². The Labute approximate surface area is 337 Å². The minimum atomic E-state index is -0.194. The predicted octanol–water partition coefficient (Wildman–Crippen LogP) is 13.5. The van der Waals surface area contributed by atoms with Gasteiger partial charge in [0.05, 0.1) is 16.7 Å². The molecule has 4 heterocycles. The third-order valence-electron chi connectivity index (χ3n) is 11.5. The third kappa shape index (κ3) is 5.33. The first-order chi connectivity index (χ1) is 28.2. The van der Waals surface area contributed by atoms with E-state index in [2.05, 4.69) is 191 Å². The van der Waals surface area contributed by atoms with E-state index in [0.29, 0.717) is 0 Å². The van der Waals surface area contributed by atoms with Crippen molar-refractivity contribution in [1.82, 2.24) is 15.2 Å². The molecule has 11 aromatic rings. The minimum Gasteiger partial charge on any atom is -0.350 e. The average Bonchev–Trinajstić information content (AvgIpc) is 3.95. The second-order valence-corrected chi connectivity index (χ2v) is 17.0. The summed E-state index contributed by atoms with van der Waals surface area (Å²) in [6, 6.07) is 66.1. The lowest BCUT2D eigenvalue weighted by molar-refractivity contribution is 0.409. The molecule has 0 fully saturated rings. The highest BCUT2D eigenvalue weighted by Crippen LogP contribution is 2.43. The van der Waals surface area contributed by atoms with Crippen molar-refractivity contribution in [1.29, 1.82) is 0 Å². The number of aliphatic imine (C=N–C) groups is 1. The summed E-state index contributed by atoms with van der Waals surface area (Å²) in [4.78, 5) is 5.20. The van der Waals surface area contributed by atoms with Crippen LogP contribution in [-0.4, -0.2) is 10.4 Å². The number of benzene rings is 8. The predicted molar refractivity (Wildman–Crippen MR) is 243 cm³/mol. The van der Waals surface area contributed by atoms with E-state index in [-0.39, 0.29) is 12.3 Å². The lowest BCUT2D eigenvalue weighted by atomic mass is 10.0. The topological polar surface area (TPSA) is 41.4 Å². The Morgan fingerprint density at radius 1 is 0.439 bits per heavy atom. The molecule has 1 aliphatic rings. The maximum Gasteiger partial charge on any atom is 0.131 e. The van der Waals surface area contributed by atoms with E-state index in [1.165, 1.54) is 84.5 Å². The largest absolute Gasteiger partial charge is 0.350 e. The van der Waals surface area contributed by atoms with E-state index in [0.717, 1.165) is 17.0 Å². The monoisotopic (exact) mass is 766 g/mol. The summed E-state index contributed by atoms with van der Waals surface area (Å²) in [5.74, 6) is 0.896. The van der Waals surface area contributed by atoms with Gasteiger partial charge in [-0.15, -0.1) is 22.7 Å². The molecule has 2 unspecified atom stereocenters. The molecule has 6 heteroatoms. The fourth-order valence-corrected chi connectivity index (χ4v) is 11.1. The summed E-state index contributed by atoms with van der Waals surface area (Å²) in [5, 5.41) is 15.2. The maximum absolute atomic E-state index is 5.20. The van der Waals surface area contributed by atoms with Gasteiger partial charge in [-0.2, -0.15) is 0 Å². The Kier molecular flexibility index (Phi) is 7.45. The maximum atomic E-state index is 5.20. The second kappa shape index (κ2) is 13.0. The molecular formula is C51H34N4S2. The van der Waals surface area contributed by atoms with Gasteiger partial charge in [-0.3, -0.25) is 5.32 Å². The normalized spacial score (nSPS) is 15.9. The Morgan fingerprint density at radius 3 is 1.91 bits per heavy atom. The molecule has 0 saturated carbocycles. The highest BCUT2D eigenvalue weighted by atomic mass is 32.1.